The Morgan fingerprint density at radius 1 is 1.04 bits per heavy atom. The number of halogens is 2. The number of aromatic nitrogens is 1. The van der Waals surface area contributed by atoms with Crippen molar-refractivity contribution in [3.8, 4) is 0 Å². The van der Waals surface area contributed by atoms with Crippen LogP contribution in [0.4, 0.5) is 14.5 Å². The highest BCUT2D eigenvalue weighted by atomic mass is 19.1. The van der Waals surface area contributed by atoms with Gasteiger partial charge in [0.15, 0.2) is 0 Å². The van der Waals surface area contributed by atoms with E-state index in [-0.39, 0.29) is 29.9 Å². The van der Waals surface area contributed by atoms with Gasteiger partial charge in [0.25, 0.3) is 11.8 Å². The van der Waals surface area contributed by atoms with Gasteiger partial charge in [-0.25, -0.2) is 13.8 Å². The molecule has 2 aliphatic heterocycles. The lowest BCUT2D eigenvalue weighted by molar-refractivity contribution is -0.143. The fourth-order valence-corrected chi connectivity index (χ4v) is 3.66. The van der Waals surface area contributed by atoms with Crippen molar-refractivity contribution >= 4 is 17.5 Å². The largest absolute Gasteiger partial charge is 0.363 e. The van der Waals surface area contributed by atoms with Crippen molar-refractivity contribution in [3.63, 3.8) is 0 Å². The number of anilines is 1. The minimum Gasteiger partial charge on any atom is -0.363 e. The maximum absolute atomic E-state index is 13.2. The first-order chi connectivity index (χ1) is 13.5. The summed E-state index contributed by atoms with van der Waals surface area (Å²) >= 11 is 0. The van der Waals surface area contributed by atoms with Gasteiger partial charge in [0.1, 0.15) is 23.9 Å². The number of benzene rings is 1. The van der Waals surface area contributed by atoms with Crippen LogP contribution >= 0.6 is 0 Å². The highest BCUT2D eigenvalue weighted by Gasteiger charge is 2.43. The maximum Gasteiger partial charge on any atom is 0.272 e. The van der Waals surface area contributed by atoms with Gasteiger partial charge in [0.05, 0.1) is 18.3 Å². The van der Waals surface area contributed by atoms with E-state index in [4.69, 9.17) is 4.74 Å². The summed E-state index contributed by atoms with van der Waals surface area (Å²) in [5, 5.41) is 0. The maximum atomic E-state index is 13.2. The van der Waals surface area contributed by atoms with E-state index in [1.807, 2.05) is 0 Å². The molecule has 0 bridgehead atoms. The van der Waals surface area contributed by atoms with Crippen LogP contribution in [0.1, 0.15) is 23.3 Å². The Kier molecular flexibility index (Phi) is 4.80. The molecule has 0 saturated carbocycles. The van der Waals surface area contributed by atoms with E-state index >= 15 is 0 Å². The van der Waals surface area contributed by atoms with Gasteiger partial charge in [-0.1, -0.05) is 0 Å². The van der Waals surface area contributed by atoms with Crippen LogP contribution in [0.2, 0.25) is 0 Å². The second kappa shape index (κ2) is 7.27. The summed E-state index contributed by atoms with van der Waals surface area (Å²) in [4.78, 5) is 32.0. The van der Waals surface area contributed by atoms with Crippen molar-refractivity contribution in [1.29, 1.82) is 0 Å². The third-order valence-electron chi connectivity index (χ3n) is 5.30. The van der Waals surface area contributed by atoms with Crippen LogP contribution in [0, 0.1) is 11.6 Å². The molecule has 28 heavy (non-hydrogen) atoms. The number of pyridine rings is 1. The predicted octanol–water partition coefficient (Wildman–Crippen LogP) is 2.40. The monoisotopic (exact) mass is 387 g/mol. The minimum atomic E-state index is -0.546. The SMILES string of the molecule is O=C(c1ccc(F)cn1)N1CCC2(CC1)CN(c1ccc(F)cc1)C(=O)CO2. The van der Waals surface area contributed by atoms with Crippen LogP contribution in [0.25, 0.3) is 0 Å². The first kappa shape index (κ1) is 18.5. The highest BCUT2D eigenvalue weighted by molar-refractivity contribution is 5.95. The lowest BCUT2D eigenvalue weighted by Gasteiger charge is -2.46. The third kappa shape index (κ3) is 3.60. The van der Waals surface area contributed by atoms with Crippen LogP contribution < -0.4 is 4.90 Å². The normalized spacial score (nSPS) is 19.1. The number of hydrogen-bond donors (Lipinski definition) is 0. The van der Waals surface area contributed by atoms with Crippen LogP contribution in [0.15, 0.2) is 42.6 Å². The summed E-state index contributed by atoms with van der Waals surface area (Å²) < 4.78 is 32.1. The molecular formula is C20H19F2N3O3. The van der Waals surface area contributed by atoms with E-state index in [0.717, 1.165) is 6.20 Å². The number of likely N-dealkylation sites (tertiary alicyclic amines) is 1. The van der Waals surface area contributed by atoms with E-state index in [1.165, 1.54) is 24.3 Å². The number of morpholine rings is 1. The second-order valence-electron chi connectivity index (χ2n) is 7.08. The summed E-state index contributed by atoms with van der Waals surface area (Å²) in [5.74, 6) is -1.28. The molecule has 0 aliphatic carbocycles. The Balaban J connectivity index is 1.44. The number of carbonyl (C=O) groups excluding carboxylic acids is 2. The molecule has 4 rings (SSSR count). The first-order valence-electron chi connectivity index (χ1n) is 9.07. The Morgan fingerprint density at radius 3 is 2.36 bits per heavy atom. The van der Waals surface area contributed by atoms with E-state index < -0.39 is 11.4 Å². The molecule has 2 aliphatic rings. The second-order valence-corrected chi connectivity index (χ2v) is 7.08. The van der Waals surface area contributed by atoms with E-state index in [0.29, 0.717) is 38.2 Å². The number of hydrogen-bond acceptors (Lipinski definition) is 4. The fourth-order valence-electron chi connectivity index (χ4n) is 3.66. The molecule has 0 atom stereocenters. The predicted molar refractivity (Wildman–Crippen MR) is 96.8 cm³/mol. The molecule has 2 amide bonds. The lowest BCUT2D eigenvalue weighted by atomic mass is 9.89. The van der Waals surface area contributed by atoms with Crippen LogP contribution in [0.5, 0.6) is 0 Å². The number of ether oxygens (including phenoxy) is 1. The lowest BCUT2D eigenvalue weighted by Crippen LogP contribution is -2.59. The van der Waals surface area contributed by atoms with Crippen molar-refractivity contribution in [3.05, 3.63) is 59.9 Å². The molecule has 0 radical (unpaired) electrons. The summed E-state index contributed by atoms with van der Waals surface area (Å²) in [6, 6.07) is 8.37. The molecule has 0 unspecified atom stereocenters. The summed E-state index contributed by atoms with van der Waals surface area (Å²) in [6.07, 6.45) is 2.14. The molecule has 8 heteroatoms. The van der Waals surface area contributed by atoms with Crippen LogP contribution in [-0.2, 0) is 9.53 Å². The Hall–Kier alpha value is -2.87. The zero-order chi connectivity index (χ0) is 19.7. The van der Waals surface area contributed by atoms with Crippen LogP contribution in [-0.4, -0.2) is 53.5 Å². The van der Waals surface area contributed by atoms with Crippen molar-refractivity contribution in [2.75, 3.05) is 31.1 Å². The smallest absolute Gasteiger partial charge is 0.272 e. The van der Waals surface area contributed by atoms with Crippen molar-refractivity contribution < 1.29 is 23.1 Å². The van der Waals surface area contributed by atoms with Gasteiger partial charge in [0, 0.05) is 18.8 Å². The molecule has 6 nitrogen and oxygen atoms in total. The minimum absolute atomic E-state index is 0.0508. The summed E-state index contributed by atoms with van der Waals surface area (Å²) in [5.41, 5.74) is 0.281. The quantitative estimate of drug-likeness (QED) is 0.794. The molecule has 1 aromatic heterocycles. The van der Waals surface area contributed by atoms with Crippen molar-refractivity contribution in [2.24, 2.45) is 0 Å². The average Bonchev–Trinajstić information content (AvgIpc) is 2.71. The molecule has 0 N–H and O–H groups in total. The zero-order valence-corrected chi connectivity index (χ0v) is 15.1. The number of amides is 2. The van der Waals surface area contributed by atoms with Crippen molar-refractivity contribution in [1.82, 2.24) is 9.88 Å². The molecule has 1 spiro atoms. The Bertz CT molecular complexity index is 879. The third-order valence-corrected chi connectivity index (χ3v) is 5.30. The average molecular weight is 387 g/mol. The van der Waals surface area contributed by atoms with Gasteiger partial charge in [-0.05, 0) is 49.2 Å². The Morgan fingerprint density at radius 2 is 1.71 bits per heavy atom. The van der Waals surface area contributed by atoms with Gasteiger partial charge in [-0.15, -0.1) is 0 Å². The number of piperidine rings is 1. The first-order valence-corrected chi connectivity index (χ1v) is 9.07. The van der Waals surface area contributed by atoms with Gasteiger partial charge in [-0.2, -0.15) is 0 Å². The molecule has 2 saturated heterocycles. The van der Waals surface area contributed by atoms with Gasteiger partial charge < -0.3 is 14.5 Å². The van der Waals surface area contributed by atoms with E-state index in [2.05, 4.69) is 4.98 Å². The van der Waals surface area contributed by atoms with Gasteiger partial charge in [0.2, 0.25) is 0 Å². The van der Waals surface area contributed by atoms with E-state index in [1.54, 1.807) is 21.9 Å². The highest BCUT2D eigenvalue weighted by Crippen LogP contribution is 2.33. The van der Waals surface area contributed by atoms with Crippen LogP contribution in [0.3, 0.4) is 0 Å². The number of rotatable bonds is 2. The zero-order valence-electron chi connectivity index (χ0n) is 15.1. The molecule has 2 aromatic rings. The summed E-state index contributed by atoms with van der Waals surface area (Å²) in [7, 11) is 0. The topological polar surface area (TPSA) is 62.7 Å². The van der Waals surface area contributed by atoms with Gasteiger partial charge in [-0.3, -0.25) is 9.59 Å². The standard InChI is InChI=1S/C20H19F2N3O3/c21-14-1-4-16(5-2-14)25-13-20(28-12-18(25)26)7-9-24(10-8-20)19(27)17-6-3-15(22)11-23-17/h1-6,11H,7-10,12-13H2. The number of carbonyl (C=O) groups is 2. The summed E-state index contributed by atoms with van der Waals surface area (Å²) in [6.45, 7) is 1.20. The molecule has 3 heterocycles. The van der Waals surface area contributed by atoms with E-state index in [9.17, 15) is 18.4 Å². The molecule has 1 aromatic carbocycles. The fraction of sp³-hybridized carbons (Fsp3) is 0.350. The van der Waals surface area contributed by atoms with Gasteiger partial charge >= 0.3 is 0 Å². The molecule has 146 valence electrons. The molecular weight excluding hydrogens is 368 g/mol. The number of nitrogens with zero attached hydrogens (tertiary/aromatic N) is 3. The molecule has 2 fully saturated rings. The Labute approximate surface area is 160 Å². The van der Waals surface area contributed by atoms with Crippen molar-refractivity contribution in [2.45, 2.75) is 18.4 Å².